The van der Waals surface area contributed by atoms with Crippen LogP contribution in [0.3, 0.4) is 0 Å². The predicted molar refractivity (Wildman–Crippen MR) is 150 cm³/mol. The van der Waals surface area contributed by atoms with Gasteiger partial charge in [0.25, 0.3) is 11.8 Å². The van der Waals surface area contributed by atoms with Crippen LogP contribution in [0.15, 0.2) is 48.5 Å². The van der Waals surface area contributed by atoms with Crippen LogP contribution in [0.25, 0.3) is 0 Å². The maximum absolute atomic E-state index is 13.7. The number of carbonyl (C=O) groups is 2. The first kappa shape index (κ1) is 26.6. The Morgan fingerprint density at radius 3 is 2.65 bits per heavy atom. The highest BCUT2D eigenvalue weighted by molar-refractivity contribution is 6.42. The number of nitrogens with one attached hydrogen (secondary N) is 2. The van der Waals surface area contributed by atoms with Gasteiger partial charge in [-0.2, -0.15) is 0 Å². The first-order chi connectivity index (χ1) is 19.2. The minimum absolute atomic E-state index is 0.0788. The molecule has 1 spiro atoms. The molecule has 3 aliphatic rings. The molecule has 4 heterocycles. The number of rotatable bonds is 6. The van der Waals surface area contributed by atoms with E-state index < -0.39 is 23.4 Å². The summed E-state index contributed by atoms with van der Waals surface area (Å²) in [6.45, 7) is 3.37. The van der Waals surface area contributed by atoms with E-state index in [2.05, 4.69) is 25.4 Å². The lowest BCUT2D eigenvalue weighted by atomic mass is 9.71. The molecule has 10 nitrogen and oxygen atoms in total. The lowest BCUT2D eigenvalue weighted by Gasteiger charge is -2.53. The van der Waals surface area contributed by atoms with E-state index in [1.165, 1.54) is 0 Å². The molecule has 2 fully saturated rings. The summed E-state index contributed by atoms with van der Waals surface area (Å²) < 4.78 is 5.53. The Labute approximate surface area is 235 Å². The molecule has 202 valence electrons. The van der Waals surface area contributed by atoms with E-state index in [0.29, 0.717) is 24.4 Å². The number of aromatic amines is 1. The van der Waals surface area contributed by atoms with Crippen LogP contribution in [0.2, 0.25) is 0 Å². The molecule has 3 N–H and O–H groups in total. The van der Waals surface area contributed by atoms with Gasteiger partial charge in [0.15, 0.2) is 0 Å². The molecule has 1 aromatic heterocycles. The molecule has 0 aliphatic carbocycles. The van der Waals surface area contributed by atoms with E-state index in [1.54, 1.807) is 0 Å². The zero-order valence-corrected chi connectivity index (χ0v) is 22.2. The third-order valence-electron chi connectivity index (χ3n) is 8.11. The molecular weight excluding hydrogens is 506 g/mol. The van der Waals surface area contributed by atoms with E-state index in [9.17, 15) is 14.7 Å². The Hall–Kier alpha value is -3.63. The summed E-state index contributed by atoms with van der Waals surface area (Å²) in [5.41, 5.74) is 0.966. The monoisotopic (exact) mass is 536 g/mol. The molecule has 40 heavy (non-hydrogen) atoms. The number of anilines is 2. The first-order valence-corrected chi connectivity index (χ1v) is 13.6. The molecule has 0 saturated carbocycles. The van der Waals surface area contributed by atoms with Gasteiger partial charge in [-0.3, -0.25) is 19.6 Å². The number of aliphatic hydroxyl groups is 1. The van der Waals surface area contributed by atoms with Crippen molar-refractivity contribution < 1.29 is 19.4 Å². The van der Waals surface area contributed by atoms with Crippen LogP contribution in [0, 0.1) is 5.41 Å². The second-order valence-corrected chi connectivity index (χ2v) is 11.1. The molecule has 3 aliphatic heterocycles. The minimum atomic E-state index is -2.47. The highest BCUT2D eigenvalue weighted by Crippen LogP contribution is 2.43. The van der Waals surface area contributed by atoms with E-state index in [4.69, 9.17) is 20.4 Å². The number of carbonyl (C=O) groups excluding carboxylic acids is 2. The summed E-state index contributed by atoms with van der Waals surface area (Å²) in [4.78, 5) is 34.2. The van der Waals surface area contributed by atoms with Gasteiger partial charge >= 0.3 is 0 Å². The molecule has 2 saturated heterocycles. The number of hydrogen-bond donors (Lipinski definition) is 3. The standard InChI is InChI=1S/C28H30B2N6O4/c29-28(30,39)36-22-15-20(35-16-27(17-35)10-12-40-13-11-27)8-6-19(22)7-9-21(26(36)38)31-25(37)24-32-23(33-34-24)14-18-4-2-1-3-5-18/h1-6,8,15,21,39H,7,9-14,16-17H2,(H,31,37)(H,32,33,34). The average Bonchev–Trinajstić information content (AvgIpc) is 3.33. The molecule has 12 heteroatoms. The van der Waals surface area contributed by atoms with E-state index in [-0.39, 0.29) is 17.7 Å². The highest BCUT2D eigenvalue weighted by Gasteiger charge is 2.44. The fraction of sp³-hybridized carbons (Fsp3) is 0.429. The second kappa shape index (κ2) is 10.4. The van der Waals surface area contributed by atoms with Crippen molar-refractivity contribution in [3.8, 4) is 0 Å². The molecule has 1 atom stereocenters. The van der Waals surface area contributed by atoms with Gasteiger partial charge in [0, 0.05) is 43.8 Å². The van der Waals surface area contributed by atoms with Crippen molar-refractivity contribution in [3.05, 3.63) is 71.3 Å². The summed E-state index contributed by atoms with van der Waals surface area (Å²) in [6.07, 6.45) is 3.30. The second-order valence-electron chi connectivity index (χ2n) is 11.1. The van der Waals surface area contributed by atoms with E-state index >= 15 is 0 Å². The van der Waals surface area contributed by atoms with Gasteiger partial charge in [0.1, 0.15) is 27.6 Å². The summed E-state index contributed by atoms with van der Waals surface area (Å²) in [6, 6.07) is 14.5. The lowest BCUT2D eigenvalue weighted by molar-refractivity contribution is -0.122. The van der Waals surface area contributed by atoms with Crippen LogP contribution in [0.5, 0.6) is 0 Å². The largest absolute Gasteiger partial charge is 0.389 e. The normalized spacial score (nSPS) is 20.5. The molecule has 3 aromatic rings. The minimum Gasteiger partial charge on any atom is -0.389 e. The Bertz CT molecular complexity index is 1400. The van der Waals surface area contributed by atoms with Crippen molar-refractivity contribution in [2.75, 3.05) is 36.1 Å². The van der Waals surface area contributed by atoms with Crippen molar-refractivity contribution in [1.82, 2.24) is 20.5 Å². The number of H-pyrrole nitrogens is 1. The average molecular weight is 536 g/mol. The smallest absolute Gasteiger partial charge is 0.291 e. The van der Waals surface area contributed by atoms with Gasteiger partial charge in [0.2, 0.25) is 5.82 Å². The zero-order chi connectivity index (χ0) is 27.9. The van der Waals surface area contributed by atoms with Gasteiger partial charge in [0.05, 0.1) is 11.2 Å². The number of nitrogens with zero attached hydrogens (tertiary/aromatic N) is 4. The number of aryl methyl sites for hydroxylation is 1. The topological polar surface area (TPSA) is 124 Å². The van der Waals surface area contributed by atoms with Crippen molar-refractivity contribution in [3.63, 3.8) is 0 Å². The number of benzene rings is 2. The van der Waals surface area contributed by atoms with Gasteiger partial charge in [-0.25, -0.2) is 4.98 Å². The fourth-order valence-electron chi connectivity index (χ4n) is 5.92. The molecular formula is C28H30B2N6O4. The lowest BCUT2D eigenvalue weighted by Crippen LogP contribution is -2.59. The number of fused-ring (bicyclic) bond motifs is 1. The Kier molecular flexibility index (Phi) is 6.92. The van der Waals surface area contributed by atoms with Gasteiger partial charge in [-0.05, 0) is 48.9 Å². The van der Waals surface area contributed by atoms with Gasteiger partial charge < -0.3 is 20.1 Å². The molecule has 0 bridgehead atoms. The Balaban J connectivity index is 1.18. The van der Waals surface area contributed by atoms with Crippen LogP contribution >= 0.6 is 0 Å². The van der Waals surface area contributed by atoms with E-state index in [0.717, 1.165) is 60.9 Å². The number of ether oxygens (including phenoxy) is 1. The van der Waals surface area contributed by atoms with E-state index in [1.807, 2.05) is 48.5 Å². The molecule has 1 unspecified atom stereocenters. The van der Waals surface area contributed by atoms with Crippen LogP contribution in [0.1, 0.15) is 46.8 Å². The Morgan fingerprint density at radius 2 is 1.93 bits per heavy atom. The SMILES string of the molecule is [B]C([B])(O)N1C(=O)C(NC(=O)c2n[nH]c(Cc3ccccc3)n2)CCc2ccc(N3CC4(CCOCC4)C3)cc21. The maximum Gasteiger partial charge on any atom is 0.291 e. The summed E-state index contributed by atoms with van der Waals surface area (Å²) in [5, 5.41) is 20.2. The quantitative estimate of drug-likeness (QED) is 0.403. The highest BCUT2D eigenvalue weighted by atomic mass is 16.5. The van der Waals surface area contributed by atoms with Crippen molar-refractivity contribution in [2.24, 2.45) is 5.41 Å². The maximum atomic E-state index is 13.7. The summed E-state index contributed by atoms with van der Waals surface area (Å²) in [5.74, 6) is -0.774. The third-order valence-corrected chi connectivity index (χ3v) is 8.11. The van der Waals surface area contributed by atoms with Crippen molar-refractivity contribution >= 4 is 38.9 Å². The van der Waals surface area contributed by atoms with Gasteiger partial charge in [-0.15, -0.1) is 5.10 Å². The Morgan fingerprint density at radius 1 is 1.18 bits per heavy atom. The number of hydrogen-bond acceptors (Lipinski definition) is 7. The number of amides is 2. The van der Waals surface area contributed by atoms with Crippen LogP contribution < -0.4 is 15.1 Å². The predicted octanol–water partition coefficient (Wildman–Crippen LogP) is 1.03. The van der Waals surface area contributed by atoms with Crippen LogP contribution in [-0.2, 0) is 22.4 Å². The van der Waals surface area contributed by atoms with Crippen molar-refractivity contribution in [1.29, 1.82) is 0 Å². The summed E-state index contributed by atoms with van der Waals surface area (Å²) in [7, 11) is 11.8. The molecule has 2 aromatic carbocycles. The number of aromatic nitrogens is 3. The van der Waals surface area contributed by atoms with Crippen molar-refractivity contribution in [2.45, 2.75) is 43.7 Å². The molecule has 2 amide bonds. The fourth-order valence-corrected chi connectivity index (χ4v) is 5.92. The van der Waals surface area contributed by atoms with Crippen LogP contribution in [-0.4, -0.2) is 85.7 Å². The van der Waals surface area contributed by atoms with Gasteiger partial charge in [-0.1, -0.05) is 36.4 Å². The summed E-state index contributed by atoms with van der Waals surface area (Å²) >= 11 is 0. The molecule has 4 radical (unpaired) electrons. The molecule has 6 rings (SSSR count). The zero-order valence-electron chi connectivity index (χ0n) is 22.2. The van der Waals surface area contributed by atoms with Crippen LogP contribution in [0.4, 0.5) is 11.4 Å². The first-order valence-electron chi connectivity index (χ1n) is 13.6. The third kappa shape index (κ3) is 5.25.